The van der Waals surface area contributed by atoms with E-state index in [2.05, 4.69) is 4.18 Å². The summed E-state index contributed by atoms with van der Waals surface area (Å²) >= 11 is 0. The van der Waals surface area contributed by atoms with Gasteiger partial charge in [-0.25, -0.2) is 0 Å². The minimum Gasteiger partial charge on any atom is -0.254 e. The van der Waals surface area contributed by atoms with Gasteiger partial charge in [-0.3, -0.25) is 4.18 Å². The molecule has 0 aromatic heterocycles. The monoisotopic (exact) mass is 138 g/mol. The van der Waals surface area contributed by atoms with Gasteiger partial charge < -0.3 is 0 Å². The molecule has 0 fully saturated rings. The molecule has 0 spiro atoms. The van der Waals surface area contributed by atoms with Crippen molar-refractivity contribution in [3.05, 3.63) is 0 Å². The van der Waals surface area contributed by atoms with Gasteiger partial charge in [0.1, 0.15) is 0 Å². The fraction of sp³-hybridized carbons (Fsp3) is 1.00. The maximum absolute atomic E-state index is 9.89. The maximum atomic E-state index is 9.89. The molecule has 4 nitrogen and oxygen atoms in total. The highest BCUT2D eigenvalue weighted by atomic mass is 32.2. The standard InChI is InChI=1S/C3H8NO3S/c1-3(2)7-8(4,5)6/h3-4H,1-2H3. The number of rotatable bonds is 2. The summed E-state index contributed by atoms with van der Waals surface area (Å²) in [5.41, 5.74) is 0. The second kappa shape index (κ2) is 2.43. The zero-order valence-electron chi connectivity index (χ0n) is 4.71. The molecule has 0 amide bonds. The second-order valence-corrected chi connectivity index (χ2v) is 2.70. The number of hydrogen-bond donors (Lipinski definition) is 0. The van der Waals surface area contributed by atoms with Gasteiger partial charge in [0.05, 0.1) is 6.10 Å². The van der Waals surface area contributed by atoms with Crippen molar-refractivity contribution < 1.29 is 12.6 Å². The predicted octanol–water partition coefficient (Wildman–Crippen LogP) is -0.0609. The van der Waals surface area contributed by atoms with Crippen molar-refractivity contribution in [2.24, 2.45) is 0 Å². The van der Waals surface area contributed by atoms with Gasteiger partial charge in [0.25, 0.3) is 0 Å². The smallest absolute Gasteiger partial charge is 0.254 e. The average molecular weight is 138 g/mol. The summed E-state index contributed by atoms with van der Waals surface area (Å²) in [6, 6.07) is 0. The molecule has 0 aromatic carbocycles. The molecule has 0 atom stereocenters. The van der Waals surface area contributed by atoms with Crippen molar-refractivity contribution in [1.29, 1.82) is 0 Å². The van der Waals surface area contributed by atoms with Crippen molar-refractivity contribution in [2.75, 3.05) is 0 Å². The van der Waals surface area contributed by atoms with Crippen LogP contribution in [0.5, 0.6) is 0 Å². The summed E-state index contributed by atoms with van der Waals surface area (Å²) in [6.07, 6.45) is -0.433. The fourth-order valence-corrected chi connectivity index (χ4v) is 0.760. The SMILES string of the molecule is CC(C)OS([NH])(=O)=O. The van der Waals surface area contributed by atoms with Crippen LogP contribution in [0.4, 0.5) is 0 Å². The first-order chi connectivity index (χ1) is 3.42. The molecule has 0 unspecified atom stereocenters. The Kier molecular flexibility index (Phi) is 2.39. The van der Waals surface area contributed by atoms with Crippen LogP contribution in [0.15, 0.2) is 0 Å². The predicted molar refractivity (Wildman–Crippen MR) is 28.2 cm³/mol. The molecule has 0 aliphatic carbocycles. The Morgan fingerprint density at radius 2 is 1.88 bits per heavy atom. The second-order valence-electron chi connectivity index (χ2n) is 1.60. The summed E-state index contributed by atoms with van der Waals surface area (Å²) in [4.78, 5) is 0. The van der Waals surface area contributed by atoms with Gasteiger partial charge in [-0.2, -0.15) is 8.42 Å². The Bertz CT molecular complexity index is 148. The molecule has 0 aliphatic heterocycles. The summed E-state index contributed by atoms with van der Waals surface area (Å²) in [7, 11) is -3.97. The van der Waals surface area contributed by atoms with Crippen LogP contribution < -0.4 is 5.14 Å². The highest BCUT2D eigenvalue weighted by Crippen LogP contribution is 1.91. The average Bonchev–Trinajstić information content (AvgIpc) is 1.21. The minimum atomic E-state index is -3.97. The van der Waals surface area contributed by atoms with E-state index in [-0.39, 0.29) is 0 Å². The van der Waals surface area contributed by atoms with Gasteiger partial charge >= 0.3 is 10.3 Å². The molecular weight excluding hydrogens is 130 g/mol. The molecule has 0 bridgehead atoms. The van der Waals surface area contributed by atoms with Crippen molar-refractivity contribution in [2.45, 2.75) is 20.0 Å². The van der Waals surface area contributed by atoms with Gasteiger partial charge in [0, 0.05) is 0 Å². The Morgan fingerprint density at radius 1 is 1.50 bits per heavy atom. The van der Waals surface area contributed by atoms with Crippen molar-refractivity contribution in [1.82, 2.24) is 5.14 Å². The van der Waals surface area contributed by atoms with E-state index in [1.54, 1.807) is 13.8 Å². The maximum Gasteiger partial charge on any atom is 0.350 e. The van der Waals surface area contributed by atoms with E-state index in [1.165, 1.54) is 0 Å². The van der Waals surface area contributed by atoms with E-state index in [0.29, 0.717) is 0 Å². The van der Waals surface area contributed by atoms with Crippen molar-refractivity contribution in [3.63, 3.8) is 0 Å². The molecule has 0 saturated heterocycles. The lowest BCUT2D eigenvalue weighted by Gasteiger charge is -2.00. The van der Waals surface area contributed by atoms with Crippen LogP contribution in [0.1, 0.15) is 13.8 Å². The molecule has 1 N–H and O–H groups in total. The molecule has 0 saturated carbocycles. The topological polar surface area (TPSA) is 67.2 Å². The Labute approximate surface area is 48.9 Å². The van der Waals surface area contributed by atoms with Gasteiger partial charge in [-0.05, 0) is 13.8 Å². The highest BCUT2D eigenvalue weighted by molar-refractivity contribution is 7.84. The van der Waals surface area contributed by atoms with Crippen LogP contribution in [-0.2, 0) is 14.5 Å². The quantitative estimate of drug-likeness (QED) is 0.536. The molecule has 1 radical (unpaired) electrons. The molecule has 5 heteroatoms. The van der Waals surface area contributed by atoms with E-state index in [4.69, 9.17) is 5.14 Å². The van der Waals surface area contributed by atoms with Crippen LogP contribution >= 0.6 is 0 Å². The van der Waals surface area contributed by atoms with Gasteiger partial charge in [-0.1, -0.05) is 0 Å². The van der Waals surface area contributed by atoms with Gasteiger partial charge in [0.15, 0.2) is 0 Å². The van der Waals surface area contributed by atoms with Gasteiger partial charge in [0.2, 0.25) is 0 Å². The van der Waals surface area contributed by atoms with Crippen molar-refractivity contribution in [3.8, 4) is 0 Å². The normalized spacial score (nSPS) is 12.5. The zero-order valence-corrected chi connectivity index (χ0v) is 5.53. The Morgan fingerprint density at radius 3 is 1.88 bits per heavy atom. The van der Waals surface area contributed by atoms with E-state index in [9.17, 15) is 8.42 Å². The molecule has 0 aliphatic rings. The summed E-state index contributed by atoms with van der Waals surface area (Å²) in [6.45, 7) is 3.10. The van der Waals surface area contributed by atoms with Crippen molar-refractivity contribution >= 4 is 10.3 Å². The molecule has 49 valence electrons. The lowest BCUT2D eigenvalue weighted by atomic mass is 10.5. The Hall–Kier alpha value is -0.130. The molecule has 0 aromatic rings. The minimum absolute atomic E-state index is 0.433. The van der Waals surface area contributed by atoms with Crippen LogP contribution in [0, 0.1) is 0 Å². The van der Waals surface area contributed by atoms with E-state index in [0.717, 1.165) is 0 Å². The largest absolute Gasteiger partial charge is 0.350 e. The molecular formula is C3H8NO3S. The third-order valence-electron chi connectivity index (χ3n) is 0.319. The molecule has 0 rings (SSSR count). The van der Waals surface area contributed by atoms with Crippen LogP contribution in [0.2, 0.25) is 0 Å². The number of hydrogen-bond acceptors (Lipinski definition) is 3. The summed E-state index contributed by atoms with van der Waals surface area (Å²) < 4.78 is 23.8. The molecule has 0 heterocycles. The number of nitrogens with one attached hydrogen (secondary N) is 1. The lowest BCUT2D eigenvalue weighted by molar-refractivity contribution is 0.248. The third-order valence-corrected chi connectivity index (χ3v) is 0.957. The summed E-state index contributed by atoms with van der Waals surface area (Å²) in [5, 5.41) is 6.21. The van der Waals surface area contributed by atoms with Crippen LogP contribution in [0.3, 0.4) is 0 Å². The van der Waals surface area contributed by atoms with Gasteiger partial charge in [-0.15, -0.1) is 5.14 Å². The Balaban J connectivity index is 3.75. The summed E-state index contributed by atoms with van der Waals surface area (Å²) in [5.74, 6) is 0. The van der Waals surface area contributed by atoms with E-state index in [1.807, 2.05) is 0 Å². The zero-order chi connectivity index (χ0) is 6.78. The highest BCUT2D eigenvalue weighted by Gasteiger charge is 2.04. The first kappa shape index (κ1) is 7.87. The third kappa shape index (κ3) is 5.87. The molecule has 8 heavy (non-hydrogen) atoms. The van der Waals surface area contributed by atoms with Crippen LogP contribution in [0.25, 0.3) is 0 Å². The first-order valence-electron chi connectivity index (χ1n) is 2.09. The van der Waals surface area contributed by atoms with Crippen LogP contribution in [-0.4, -0.2) is 14.5 Å². The van der Waals surface area contributed by atoms with E-state index < -0.39 is 16.4 Å². The lowest BCUT2D eigenvalue weighted by Crippen LogP contribution is -2.11. The first-order valence-corrected chi connectivity index (χ1v) is 3.50. The van der Waals surface area contributed by atoms with E-state index >= 15 is 0 Å². The fourth-order valence-electron chi connectivity index (χ4n) is 0.253.